The van der Waals surface area contributed by atoms with Crippen molar-refractivity contribution in [3.05, 3.63) is 65.7 Å². The minimum atomic E-state index is -0.901. The Bertz CT molecular complexity index is 867. The van der Waals surface area contributed by atoms with Crippen LogP contribution in [0, 0.1) is 5.92 Å². The molecule has 0 aliphatic rings. The first-order valence-corrected chi connectivity index (χ1v) is 9.78. The Hall–Kier alpha value is -3.35. The number of ether oxygens (including phenoxy) is 2. The van der Waals surface area contributed by atoms with E-state index in [9.17, 15) is 14.4 Å². The second-order valence-electron chi connectivity index (χ2n) is 7.20. The third kappa shape index (κ3) is 6.34. The predicted octanol–water partition coefficient (Wildman–Crippen LogP) is 2.87. The van der Waals surface area contributed by atoms with Gasteiger partial charge in [-0.3, -0.25) is 9.59 Å². The molecule has 0 heterocycles. The van der Waals surface area contributed by atoms with E-state index in [1.165, 1.54) is 7.11 Å². The first kappa shape index (κ1) is 22.9. The Labute approximate surface area is 176 Å². The molecule has 0 aliphatic heterocycles. The van der Waals surface area contributed by atoms with Gasteiger partial charge in [0.05, 0.1) is 18.7 Å². The maximum atomic E-state index is 12.6. The smallest absolute Gasteiger partial charge is 0.329 e. The van der Waals surface area contributed by atoms with Crippen molar-refractivity contribution >= 4 is 17.8 Å². The van der Waals surface area contributed by atoms with Crippen LogP contribution in [-0.2, 0) is 14.3 Å². The Morgan fingerprint density at radius 3 is 2.17 bits per heavy atom. The highest BCUT2D eigenvalue weighted by Crippen LogP contribution is 2.18. The van der Waals surface area contributed by atoms with Crippen molar-refractivity contribution in [1.82, 2.24) is 10.6 Å². The molecule has 0 spiro atoms. The molecule has 30 heavy (non-hydrogen) atoms. The van der Waals surface area contributed by atoms with Gasteiger partial charge in [0.15, 0.2) is 6.61 Å². The highest BCUT2D eigenvalue weighted by molar-refractivity contribution is 5.99. The van der Waals surface area contributed by atoms with E-state index in [4.69, 9.17) is 9.47 Å². The van der Waals surface area contributed by atoms with Crippen LogP contribution in [0.1, 0.15) is 42.7 Å². The molecule has 2 amide bonds. The van der Waals surface area contributed by atoms with Crippen molar-refractivity contribution in [2.75, 3.05) is 13.7 Å². The number of rotatable bonds is 9. The van der Waals surface area contributed by atoms with Crippen LogP contribution >= 0.6 is 0 Å². The summed E-state index contributed by atoms with van der Waals surface area (Å²) in [5.41, 5.74) is 1.26. The summed E-state index contributed by atoms with van der Waals surface area (Å²) in [6.45, 7) is 4.99. The molecule has 0 saturated heterocycles. The first-order valence-electron chi connectivity index (χ1n) is 9.78. The number of hydrogen-bond donors (Lipinski definition) is 2. The van der Waals surface area contributed by atoms with E-state index in [1.54, 1.807) is 38.1 Å². The number of benzene rings is 2. The van der Waals surface area contributed by atoms with Gasteiger partial charge in [-0.15, -0.1) is 0 Å². The van der Waals surface area contributed by atoms with E-state index in [1.807, 2.05) is 37.3 Å². The summed E-state index contributed by atoms with van der Waals surface area (Å²) in [4.78, 5) is 37.3. The minimum absolute atomic E-state index is 0.219. The van der Waals surface area contributed by atoms with Gasteiger partial charge >= 0.3 is 5.97 Å². The molecule has 7 nitrogen and oxygen atoms in total. The normalized spacial score (nSPS) is 12.6. The third-order valence-electron chi connectivity index (χ3n) is 4.58. The number of hydrogen-bond acceptors (Lipinski definition) is 5. The predicted molar refractivity (Wildman–Crippen MR) is 113 cm³/mol. The van der Waals surface area contributed by atoms with E-state index < -0.39 is 30.4 Å². The molecule has 7 heteroatoms. The van der Waals surface area contributed by atoms with E-state index in [0.717, 1.165) is 5.56 Å². The highest BCUT2D eigenvalue weighted by atomic mass is 16.5. The van der Waals surface area contributed by atoms with Crippen LogP contribution in [0.15, 0.2) is 54.6 Å². The molecular weight excluding hydrogens is 384 g/mol. The molecule has 0 saturated carbocycles. The molecule has 2 N–H and O–H groups in total. The number of nitrogens with one attached hydrogen (secondary N) is 2. The fourth-order valence-electron chi connectivity index (χ4n) is 2.88. The first-order chi connectivity index (χ1) is 14.3. The van der Waals surface area contributed by atoms with E-state index >= 15 is 0 Å². The molecule has 160 valence electrons. The zero-order valence-corrected chi connectivity index (χ0v) is 17.7. The van der Waals surface area contributed by atoms with Gasteiger partial charge < -0.3 is 20.1 Å². The summed E-state index contributed by atoms with van der Waals surface area (Å²) in [6.07, 6.45) is 0. The van der Waals surface area contributed by atoms with Crippen molar-refractivity contribution in [2.45, 2.75) is 32.9 Å². The Morgan fingerprint density at radius 1 is 0.900 bits per heavy atom. The number of methoxy groups -OCH3 is 1. The summed E-state index contributed by atoms with van der Waals surface area (Å²) < 4.78 is 10.4. The lowest BCUT2D eigenvalue weighted by molar-refractivity contribution is -0.151. The van der Waals surface area contributed by atoms with Gasteiger partial charge in [0.1, 0.15) is 11.8 Å². The molecule has 0 aromatic heterocycles. The number of esters is 1. The Kier molecular flexibility index (Phi) is 8.41. The van der Waals surface area contributed by atoms with Gasteiger partial charge in [-0.05, 0) is 30.5 Å². The van der Waals surface area contributed by atoms with Crippen molar-refractivity contribution in [2.24, 2.45) is 5.92 Å². The van der Waals surface area contributed by atoms with Crippen LogP contribution in [0.25, 0.3) is 0 Å². The fourth-order valence-corrected chi connectivity index (χ4v) is 2.88. The van der Waals surface area contributed by atoms with Crippen LogP contribution in [-0.4, -0.2) is 37.5 Å². The highest BCUT2D eigenvalue weighted by Gasteiger charge is 2.27. The van der Waals surface area contributed by atoms with E-state index in [0.29, 0.717) is 11.3 Å². The maximum Gasteiger partial charge on any atom is 0.329 e. The summed E-state index contributed by atoms with van der Waals surface area (Å²) in [7, 11) is 1.47. The molecule has 0 unspecified atom stereocenters. The molecule has 0 fully saturated rings. The Morgan fingerprint density at radius 2 is 1.53 bits per heavy atom. The molecular formula is C23H28N2O5. The summed E-state index contributed by atoms with van der Waals surface area (Å²) in [5.74, 6) is -1.37. The second kappa shape index (κ2) is 11.0. The molecule has 2 atom stereocenters. The minimum Gasteiger partial charge on any atom is -0.496 e. The fraction of sp³-hybridized carbons (Fsp3) is 0.348. The van der Waals surface area contributed by atoms with Crippen molar-refractivity contribution in [1.29, 1.82) is 0 Å². The zero-order chi connectivity index (χ0) is 22.1. The Balaban J connectivity index is 1.93. The van der Waals surface area contributed by atoms with Crippen LogP contribution in [0.3, 0.4) is 0 Å². The van der Waals surface area contributed by atoms with Crippen molar-refractivity contribution in [3.63, 3.8) is 0 Å². The average molecular weight is 412 g/mol. The zero-order valence-electron chi connectivity index (χ0n) is 17.7. The van der Waals surface area contributed by atoms with Gasteiger partial charge in [-0.2, -0.15) is 0 Å². The lowest BCUT2D eigenvalue weighted by Gasteiger charge is -2.21. The van der Waals surface area contributed by atoms with Crippen LogP contribution in [0.2, 0.25) is 0 Å². The van der Waals surface area contributed by atoms with E-state index in [-0.39, 0.29) is 12.0 Å². The summed E-state index contributed by atoms with van der Waals surface area (Å²) >= 11 is 0. The van der Waals surface area contributed by atoms with E-state index in [2.05, 4.69) is 10.6 Å². The van der Waals surface area contributed by atoms with Gasteiger partial charge in [-0.1, -0.05) is 56.3 Å². The lowest BCUT2D eigenvalue weighted by Crippen LogP contribution is -2.46. The molecule has 2 aromatic carbocycles. The number of amides is 2. The maximum absolute atomic E-state index is 12.6. The van der Waals surface area contributed by atoms with Gasteiger partial charge in [0, 0.05) is 0 Å². The summed E-state index contributed by atoms with van der Waals surface area (Å²) in [5, 5.41) is 5.45. The third-order valence-corrected chi connectivity index (χ3v) is 4.58. The quantitative estimate of drug-likeness (QED) is 0.618. The monoisotopic (exact) mass is 412 g/mol. The number of carbonyl (C=O) groups is 3. The number of para-hydroxylation sites is 1. The van der Waals surface area contributed by atoms with Crippen molar-refractivity contribution < 1.29 is 23.9 Å². The number of carbonyl (C=O) groups excluding carboxylic acids is 3. The SMILES string of the molecule is COc1ccccc1C(=O)N[C@H](C(=O)OCC(=O)N[C@H](C)c1ccccc1)C(C)C. The molecule has 2 rings (SSSR count). The summed E-state index contributed by atoms with van der Waals surface area (Å²) in [6, 6.07) is 15.1. The second-order valence-corrected chi connectivity index (χ2v) is 7.20. The standard InChI is InChI=1S/C23H28N2O5/c1-15(2)21(25-22(27)18-12-8-9-13-19(18)29-4)23(28)30-14-20(26)24-16(3)17-10-6-5-7-11-17/h5-13,15-16,21H,14H2,1-4H3,(H,24,26)(H,25,27)/t16-,21+/m1/s1. The van der Waals surface area contributed by atoms with Crippen molar-refractivity contribution in [3.8, 4) is 5.75 Å². The van der Waals surface area contributed by atoms with Gasteiger partial charge in [-0.25, -0.2) is 4.79 Å². The van der Waals surface area contributed by atoms with Crippen LogP contribution < -0.4 is 15.4 Å². The molecule has 0 radical (unpaired) electrons. The molecule has 0 bridgehead atoms. The van der Waals surface area contributed by atoms with Crippen LogP contribution in [0.4, 0.5) is 0 Å². The average Bonchev–Trinajstić information content (AvgIpc) is 2.75. The van der Waals surface area contributed by atoms with Gasteiger partial charge in [0.25, 0.3) is 11.8 Å². The lowest BCUT2D eigenvalue weighted by atomic mass is 10.0. The molecule has 2 aromatic rings. The largest absolute Gasteiger partial charge is 0.496 e. The molecule has 0 aliphatic carbocycles. The topological polar surface area (TPSA) is 93.7 Å². The van der Waals surface area contributed by atoms with Gasteiger partial charge in [0.2, 0.25) is 0 Å². The van der Waals surface area contributed by atoms with Crippen LogP contribution in [0.5, 0.6) is 5.75 Å².